The predicted molar refractivity (Wildman–Crippen MR) is 207 cm³/mol. The van der Waals surface area contributed by atoms with Crippen molar-refractivity contribution < 1.29 is 9.13 Å². The minimum Gasteiger partial charge on any atom is -0.194 e. The molecule has 2 unspecified atom stereocenters. The number of nitrogens with zero attached hydrogens (tertiary/aromatic N) is 2. The molecule has 5 aromatic rings. The lowest BCUT2D eigenvalue weighted by molar-refractivity contribution is -0.722. The normalized spacial score (nSPS) is 19.0. The summed E-state index contributed by atoms with van der Waals surface area (Å²) >= 11 is 0. The van der Waals surface area contributed by atoms with E-state index >= 15 is 0 Å². The average molecular weight is 661 g/mol. The van der Waals surface area contributed by atoms with Gasteiger partial charge in [0.05, 0.1) is 19.6 Å². The highest BCUT2D eigenvalue weighted by molar-refractivity contribution is 6.89. The standard InChI is InChI=1S/C46H52N2Si/c1-31-24-32(2)38-20-21-41-39-18-12-13-19-40(39)44-28-37(26-34-14-10-11-15-34)45(49(4,5)6)30-48(44)46(41)33(3)29-47-23-22-36(27-43(47)42(38)25-31)35-16-8-7-9-17-35/h7-9,12-13,16-19,22-25,27-28,30,34,41,46H,3,10-11,14-15,20-21,26,29H2,1-2,4-6H3/q+2. The topological polar surface area (TPSA) is 7.76 Å². The Morgan fingerprint density at radius 3 is 2.31 bits per heavy atom. The first kappa shape index (κ1) is 32.1. The molecule has 2 aromatic heterocycles. The summed E-state index contributed by atoms with van der Waals surface area (Å²) in [5, 5.41) is 1.64. The molecule has 0 spiro atoms. The summed E-state index contributed by atoms with van der Waals surface area (Å²) in [6, 6.07) is 32.5. The summed E-state index contributed by atoms with van der Waals surface area (Å²) < 4.78 is 5.19. The molecule has 0 saturated heterocycles. The van der Waals surface area contributed by atoms with Crippen LogP contribution >= 0.6 is 0 Å². The van der Waals surface area contributed by atoms with Crippen molar-refractivity contribution in [3.8, 4) is 33.6 Å². The largest absolute Gasteiger partial charge is 0.213 e. The van der Waals surface area contributed by atoms with E-state index in [2.05, 4.69) is 140 Å². The molecule has 8 rings (SSSR count). The Hall–Kier alpha value is -4.08. The Bertz CT molecular complexity index is 2060. The second kappa shape index (κ2) is 12.7. The summed E-state index contributed by atoms with van der Waals surface area (Å²) in [5.41, 5.74) is 16.6. The molecule has 0 amide bonds. The van der Waals surface area contributed by atoms with Crippen molar-refractivity contribution in [2.75, 3.05) is 0 Å². The molecule has 1 saturated carbocycles. The van der Waals surface area contributed by atoms with Crippen LogP contribution in [0.5, 0.6) is 0 Å². The van der Waals surface area contributed by atoms with Gasteiger partial charge in [-0.15, -0.1) is 0 Å². The van der Waals surface area contributed by atoms with Crippen molar-refractivity contribution in [2.24, 2.45) is 5.92 Å². The van der Waals surface area contributed by atoms with Gasteiger partial charge in [0.2, 0.25) is 11.4 Å². The SMILES string of the molecule is C=C1C[n+]2ccc(-c3ccccc3)cc2-c2cc(C)cc(C)c2CCC2c3ccccc3-c3cc(CC4CCCC4)c([Si](C)(C)C)c[n+]3C12. The molecule has 49 heavy (non-hydrogen) atoms. The maximum Gasteiger partial charge on any atom is 0.213 e. The molecule has 3 heteroatoms. The lowest BCUT2D eigenvalue weighted by atomic mass is 9.76. The minimum absolute atomic E-state index is 0.196. The van der Waals surface area contributed by atoms with E-state index in [1.165, 1.54) is 93.6 Å². The van der Waals surface area contributed by atoms with Gasteiger partial charge in [0, 0.05) is 34.5 Å². The lowest BCUT2D eigenvalue weighted by Gasteiger charge is -2.34. The predicted octanol–water partition coefficient (Wildman–Crippen LogP) is 10.00. The third kappa shape index (κ3) is 5.95. The quantitative estimate of drug-likeness (QED) is 0.103. The highest BCUT2D eigenvalue weighted by atomic mass is 28.3. The molecule has 248 valence electrons. The zero-order valence-corrected chi connectivity index (χ0v) is 31.2. The number of hydrogen-bond acceptors (Lipinski definition) is 0. The molecule has 2 atom stereocenters. The Labute approximate surface area is 295 Å². The van der Waals surface area contributed by atoms with E-state index in [4.69, 9.17) is 6.58 Å². The number of allylic oxidation sites excluding steroid dienone is 1. The molecule has 4 heterocycles. The summed E-state index contributed by atoms with van der Waals surface area (Å²) in [5.74, 6) is 1.18. The van der Waals surface area contributed by atoms with Crippen LogP contribution in [0.3, 0.4) is 0 Å². The van der Waals surface area contributed by atoms with Gasteiger partial charge in [-0.2, -0.15) is 9.13 Å². The molecule has 2 nitrogen and oxygen atoms in total. The van der Waals surface area contributed by atoms with Crippen LogP contribution in [0.25, 0.3) is 33.6 Å². The highest BCUT2D eigenvalue weighted by Crippen LogP contribution is 2.45. The monoisotopic (exact) mass is 660 g/mol. The van der Waals surface area contributed by atoms with Crippen molar-refractivity contribution >= 4 is 13.3 Å². The van der Waals surface area contributed by atoms with E-state index in [1.54, 1.807) is 10.8 Å². The van der Waals surface area contributed by atoms with Gasteiger partial charge in [0.1, 0.15) is 0 Å². The molecule has 3 aromatic carbocycles. The zero-order chi connectivity index (χ0) is 33.9. The van der Waals surface area contributed by atoms with Crippen LogP contribution in [-0.2, 0) is 19.4 Å². The smallest absolute Gasteiger partial charge is 0.194 e. The number of hydrogen-bond donors (Lipinski definition) is 0. The first-order chi connectivity index (χ1) is 23.7. The van der Waals surface area contributed by atoms with Crippen LogP contribution in [-0.4, -0.2) is 8.07 Å². The van der Waals surface area contributed by atoms with Crippen LogP contribution in [0.15, 0.2) is 109 Å². The average Bonchev–Trinajstić information content (AvgIpc) is 3.60. The number of rotatable bonds is 4. The van der Waals surface area contributed by atoms with E-state index in [-0.39, 0.29) is 6.04 Å². The van der Waals surface area contributed by atoms with Crippen molar-refractivity contribution in [3.63, 3.8) is 0 Å². The number of aromatic nitrogens is 2. The Kier molecular flexibility index (Phi) is 8.31. The van der Waals surface area contributed by atoms with Crippen LogP contribution in [0.4, 0.5) is 0 Å². The van der Waals surface area contributed by atoms with E-state index in [9.17, 15) is 0 Å². The molecule has 0 radical (unpaired) electrons. The first-order valence-corrected chi connectivity index (χ1v) is 22.2. The van der Waals surface area contributed by atoms with Crippen molar-refractivity contribution in [3.05, 3.63) is 137 Å². The van der Waals surface area contributed by atoms with Crippen molar-refractivity contribution in [1.29, 1.82) is 0 Å². The second-order valence-corrected chi connectivity index (χ2v) is 21.4. The minimum atomic E-state index is -1.63. The van der Waals surface area contributed by atoms with Gasteiger partial charge in [-0.1, -0.05) is 112 Å². The Morgan fingerprint density at radius 2 is 1.53 bits per heavy atom. The zero-order valence-electron chi connectivity index (χ0n) is 30.2. The summed E-state index contributed by atoms with van der Waals surface area (Å²) in [6.07, 6.45) is 13.9. The number of benzene rings is 3. The van der Waals surface area contributed by atoms with E-state index in [1.807, 2.05) is 0 Å². The van der Waals surface area contributed by atoms with Gasteiger partial charge in [-0.3, -0.25) is 0 Å². The maximum absolute atomic E-state index is 4.98. The lowest BCUT2D eigenvalue weighted by Crippen LogP contribution is -2.55. The fourth-order valence-corrected chi connectivity index (χ4v) is 11.2. The third-order valence-corrected chi connectivity index (χ3v) is 13.9. The van der Waals surface area contributed by atoms with E-state index < -0.39 is 8.07 Å². The first-order valence-electron chi connectivity index (χ1n) is 18.7. The molecular formula is C46H52N2Si+2. The van der Waals surface area contributed by atoms with Crippen molar-refractivity contribution in [1.82, 2.24) is 0 Å². The number of fused-ring (bicyclic) bond motifs is 9. The van der Waals surface area contributed by atoms with Gasteiger partial charge in [0.25, 0.3) is 0 Å². The molecule has 1 aliphatic carbocycles. The molecule has 0 N–H and O–H groups in total. The molecule has 3 aliphatic rings. The number of aryl methyl sites for hydroxylation is 2. The van der Waals surface area contributed by atoms with E-state index in [0.717, 1.165) is 25.3 Å². The fourth-order valence-electron chi connectivity index (χ4n) is 9.52. The Balaban J connectivity index is 1.32. The highest BCUT2D eigenvalue weighted by Gasteiger charge is 2.45. The Morgan fingerprint density at radius 1 is 0.776 bits per heavy atom. The van der Waals surface area contributed by atoms with Gasteiger partial charge >= 0.3 is 0 Å². The van der Waals surface area contributed by atoms with Gasteiger partial charge in [0.15, 0.2) is 25.0 Å². The second-order valence-electron chi connectivity index (χ2n) is 16.3. The summed E-state index contributed by atoms with van der Waals surface area (Å²) in [4.78, 5) is 0. The van der Waals surface area contributed by atoms with Crippen LogP contribution in [0.2, 0.25) is 19.6 Å². The van der Waals surface area contributed by atoms with Crippen LogP contribution in [0, 0.1) is 19.8 Å². The van der Waals surface area contributed by atoms with Crippen LogP contribution in [0.1, 0.15) is 71.9 Å². The molecule has 1 fully saturated rings. The van der Waals surface area contributed by atoms with Crippen molar-refractivity contribution in [2.45, 2.75) is 96.9 Å². The molecule has 2 aliphatic heterocycles. The maximum atomic E-state index is 4.98. The molecular weight excluding hydrogens is 609 g/mol. The third-order valence-electron chi connectivity index (χ3n) is 11.8. The van der Waals surface area contributed by atoms with Gasteiger partial charge in [-0.05, 0) is 84.5 Å². The molecule has 0 bridgehead atoms. The van der Waals surface area contributed by atoms with Crippen LogP contribution < -0.4 is 14.3 Å². The van der Waals surface area contributed by atoms with Gasteiger partial charge in [-0.25, -0.2) is 0 Å². The van der Waals surface area contributed by atoms with E-state index in [0.29, 0.717) is 5.92 Å². The fraction of sp³-hybridized carbons (Fsp3) is 0.348. The summed E-state index contributed by atoms with van der Waals surface area (Å²) in [6.45, 7) is 18.0. The number of pyridine rings is 2. The summed E-state index contributed by atoms with van der Waals surface area (Å²) in [7, 11) is -1.63. The van der Waals surface area contributed by atoms with Gasteiger partial charge < -0.3 is 0 Å².